The van der Waals surface area contributed by atoms with Crippen LogP contribution in [0.2, 0.25) is 0 Å². The topological polar surface area (TPSA) is 116 Å². The Morgan fingerprint density at radius 2 is 2.14 bits per heavy atom. The van der Waals surface area contributed by atoms with Gasteiger partial charge >= 0.3 is 0 Å². The zero-order valence-corrected chi connectivity index (χ0v) is 15.4. The number of allylic oxidation sites excluding steroid dienone is 1. The number of ether oxygens (including phenoxy) is 2. The largest absolute Gasteiger partial charge is 0.494 e. The normalized spacial score (nSPS) is 12.3. The summed E-state index contributed by atoms with van der Waals surface area (Å²) in [6, 6.07) is 13.7. The van der Waals surface area contributed by atoms with Crippen LogP contribution < -0.4 is 9.47 Å². The first-order valence-electron chi connectivity index (χ1n) is 8.81. The van der Waals surface area contributed by atoms with Crippen LogP contribution in [-0.4, -0.2) is 26.3 Å². The van der Waals surface area contributed by atoms with Gasteiger partial charge in [0.2, 0.25) is 0 Å². The predicted molar refractivity (Wildman–Crippen MR) is 103 cm³/mol. The molecule has 0 spiro atoms. The third-order valence-electron chi connectivity index (χ3n) is 4.34. The quantitative estimate of drug-likeness (QED) is 0.372. The van der Waals surface area contributed by atoms with Crippen LogP contribution in [0.1, 0.15) is 24.1 Å². The van der Waals surface area contributed by atoms with Gasteiger partial charge in [0.15, 0.2) is 11.6 Å². The zero-order chi connectivity index (χ0) is 20.4. The van der Waals surface area contributed by atoms with Crippen LogP contribution in [0.3, 0.4) is 0 Å². The van der Waals surface area contributed by atoms with Crippen LogP contribution in [-0.2, 0) is 6.61 Å². The van der Waals surface area contributed by atoms with Crippen LogP contribution in [0, 0.1) is 21.4 Å². The first-order chi connectivity index (χ1) is 14.1. The lowest BCUT2D eigenvalue weighted by molar-refractivity contribution is -0.384. The number of aromatic nitrogens is 3. The Kier molecular flexibility index (Phi) is 4.66. The van der Waals surface area contributed by atoms with Crippen molar-refractivity contribution in [2.24, 2.45) is 0 Å². The van der Waals surface area contributed by atoms with Gasteiger partial charge in [0.05, 0.1) is 22.8 Å². The summed E-state index contributed by atoms with van der Waals surface area (Å²) in [6.45, 7) is 2.62. The Morgan fingerprint density at radius 1 is 1.34 bits per heavy atom. The molecule has 0 N–H and O–H groups in total. The van der Waals surface area contributed by atoms with Crippen LogP contribution >= 0.6 is 0 Å². The van der Waals surface area contributed by atoms with E-state index in [0.29, 0.717) is 29.7 Å². The number of rotatable bonds is 5. The van der Waals surface area contributed by atoms with E-state index in [2.05, 4.69) is 16.3 Å². The summed E-state index contributed by atoms with van der Waals surface area (Å²) in [5.41, 5.74) is 1.39. The highest BCUT2D eigenvalue weighted by Gasteiger charge is 2.26. The molecular weight excluding hydrogens is 374 g/mol. The molecule has 29 heavy (non-hydrogen) atoms. The Labute approximate surface area is 165 Å². The van der Waals surface area contributed by atoms with E-state index in [1.807, 2.05) is 31.2 Å². The van der Waals surface area contributed by atoms with Gasteiger partial charge in [-0.2, -0.15) is 5.26 Å². The number of non-ortho nitro benzene ring substituents is 1. The molecule has 0 saturated carbocycles. The molecule has 9 heteroatoms. The fourth-order valence-corrected chi connectivity index (χ4v) is 3.04. The van der Waals surface area contributed by atoms with Crippen molar-refractivity contribution in [1.82, 2.24) is 14.8 Å². The monoisotopic (exact) mass is 389 g/mol. The molecule has 2 aromatic carbocycles. The maximum atomic E-state index is 11.2. The minimum Gasteiger partial charge on any atom is -0.494 e. The van der Waals surface area contributed by atoms with E-state index in [0.717, 1.165) is 11.3 Å². The van der Waals surface area contributed by atoms with E-state index >= 15 is 0 Å². The second-order valence-electron chi connectivity index (χ2n) is 6.14. The minimum atomic E-state index is -0.487. The van der Waals surface area contributed by atoms with Gasteiger partial charge in [-0.05, 0) is 36.8 Å². The summed E-state index contributed by atoms with van der Waals surface area (Å²) in [7, 11) is 0. The second kappa shape index (κ2) is 7.44. The lowest BCUT2D eigenvalue weighted by Crippen LogP contribution is -2.15. The van der Waals surface area contributed by atoms with E-state index in [1.165, 1.54) is 18.2 Å². The van der Waals surface area contributed by atoms with Gasteiger partial charge in [0.25, 0.3) is 5.69 Å². The lowest BCUT2D eigenvalue weighted by Gasteiger charge is -2.19. The van der Waals surface area contributed by atoms with Gasteiger partial charge in [-0.3, -0.25) is 14.7 Å². The molecule has 0 unspecified atom stereocenters. The molecule has 0 bridgehead atoms. The highest BCUT2D eigenvalue weighted by Crippen LogP contribution is 2.34. The smallest absolute Gasteiger partial charge is 0.271 e. The molecular formula is C20H15N5O4. The molecule has 144 valence electrons. The molecule has 1 aliphatic heterocycles. The summed E-state index contributed by atoms with van der Waals surface area (Å²) in [5, 5.41) is 29.1. The fourth-order valence-electron chi connectivity index (χ4n) is 3.04. The minimum absolute atomic E-state index is 0.0890. The zero-order valence-electron chi connectivity index (χ0n) is 15.4. The molecule has 0 atom stereocenters. The van der Waals surface area contributed by atoms with Crippen molar-refractivity contribution in [3.63, 3.8) is 0 Å². The van der Waals surface area contributed by atoms with Gasteiger partial charge in [-0.1, -0.05) is 12.1 Å². The summed E-state index contributed by atoms with van der Waals surface area (Å²) in [6.07, 6.45) is 1.68. The number of nitrogens with zero attached hydrogens (tertiary/aromatic N) is 5. The van der Waals surface area contributed by atoms with Gasteiger partial charge in [-0.15, -0.1) is 10.2 Å². The molecule has 0 amide bonds. The molecule has 4 rings (SSSR count). The van der Waals surface area contributed by atoms with E-state index in [9.17, 15) is 15.4 Å². The molecule has 2 heterocycles. The van der Waals surface area contributed by atoms with Gasteiger partial charge in [0, 0.05) is 12.1 Å². The third kappa shape index (κ3) is 3.39. The van der Waals surface area contributed by atoms with Crippen molar-refractivity contribution in [2.45, 2.75) is 13.5 Å². The Balaban J connectivity index is 1.79. The number of fused-ring (bicyclic) bond motifs is 3. The molecule has 0 aliphatic carbocycles. The van der Waals surface area contributed by atoms with Crippen molar-refractivity contribution >= 4 is 17.3 Å². The Hall–Kier alpha value is -4.19. The van der Waals surface area contributed by atoms with Crippen LogP contribution in [0.4, 0.5) is 5.69 Å². The Bertz CT molecular complexity index is 1160. The fraction of sp³-hybridized carbons (Fsp3) is 0.150. The maximum Gasteiger partial charge on any atom is 0.271 e. The Morgan fingerprint density at radius 3 is 2.83 bits per heavy atom. The van der Waals surface area contributed by atoms with Crippen LogP contribution in [0.5, 0.6) is 11.5 Å². The molecule has 9 nitrogen and oxygen atoms in total. The first-order valence-corrected chi connectivity index (χ1v) is 8.81. The van der Waals surface area contributed by atoms with Gasteiger partial charge in [0.1, 0.15) is 24.2 Å². The molecule has 0 saturated heterocycles. The summed E-state index contributed by atoms with van der Waals surface area (Å²) >= 11 is 0. The second-order valence-corrected chi connectivity index (χ2v) is 6.14. The highest BCUT2D eigenvalue weighted by molar-refractivity contribution is 5.88. The molecule has 1 aliphatic rings. The van der Waals surface area contributed by atoms with Gasteiger partial charge < -0.3 is 9.47 Å². The molecule has 3 aromatic rings. The standard InChI is InChI=1S/C20H15N5O4/c1-2-28-16-6-3-13(4-7-16)9-14(11-21)20-23-22-19-12-29-18-8-5-15(25(26)27)10-17(18)24(19)20/h3-10H,2,12H2,1H3/b14-9-. The summed E-state index contributed by atoms with van der Waals surface area (Å²) in [5.74, 6) is 1.95. The van der Waals surface area contributed by atoms with Crippen molar-refractivity contribution in [1.29, 1.82) is 5.26 Å². The number of benzene rings is 2. The maximum absolute atomic E-state index is 11.2. The van der Waals surface area contributed by atoms with E-state index in [-0.39, 0.29) is 17.9 Å². The van der Waals surface area contributed by atoms with Crippen LogP contribution in [0.25, 0.3) is 17.3 Å². The summed E-state index contributed by atoms with van der Waals surface area (Å²) < 4.78 is 12.7. The average molecular weight is 389 g/mol. The average Bonchev–Trinajstić information content (AvgIpc) is 3.17. The number of nitro benzene ring substituents is 1. The van der Waals surface area contributed by atoms with E-state index in [4.69, 9.17) is 9.47 Å². The SMILES string of the molecule is CCOc1ccc(/C=C(/C#N)c2nnc3n2-c2cc([N+](=O)[O-])ccc2OC3)cc1. The number of nitriles is 1. The number of nitro groups is 1. The molecule has 0 fully saturated rings. The number of hydrogen-bond acceptors (Lipinski definition) is 7. The van der Waals surface area contributed by atoms with Crippen molar-refractivity contribution in [3.05, 3.63) is 69.8 Å². The van der Waals surface area contributed by atoms with E-state index in [1.54, 1.807) is 10.6 Å². The van der Waals surface area contributed by atoms with Gasteiger partial charge in [-0.25, -0.2) is 0 Å². The van der Waals surface area contributed by atoms with Crippen molar-refractivity contribution < 1.29 is 14.4 Å². The third-order valence-corrected chi connectivity index (χ3v) is 4.34. The first kappa shape index (κ1) is 18.2. The predicted octanol–water partition coefficient (Wildman–Crippen LogP) is 3.53. The highest BCUT2D eigenvalue weighted by atomic mass is 16.6. The van der Waals surface area contributed by atoms with Crippen LogP contribution in [0.15, 0.2) is 42.5 Å². The van der Waals surface area contributed by atoms with Crippen molar-refractivity contribution in [2.75, 3.05) is 6.61 Å². The lowest BCUT2D eigenvalue weighted by atomic mass is 10.1. The number of hydrogen-bond donors (Lipinski definition) is 0. The summed E-state index contributed by atoms with van der Waals surface area (Å²) in [4.78, 5) is 10.7. The molecule has 0 radical (unpaired) electrons. The molecule has 1 aromatic heterocycles. The van der Waals surface area contributed by atoms with E-state index < -0.39 is 4.92 Å². The van der Waals surface area contributed by atoms with Crippen molar-refractivity contribution in [3.8, 4) is 23.3 Å².